The van der Waals surface area contributed by atoms with Gasteiger partial charge in [0.25, 0.3) is 0 Å². The molecule has 1 unspecified atom stereocenters. The number of nitrogens with two attached hydrogens (primary N) is 1. The molecule has 4 N–H and O–H groups in total. The molecule has 2 heterocycles. The lowest BCUT2D eigenvalue weighted by molar-refractivity contribution is -0.149. The minimum Gasteiger partial charge on any atom is -0.479 e. The Morgan fingerprint density at radius 1 is 1.18 bits per heavy atom. The SMILES string of the molecule is COc1nc(N)nc2c1ncn2C[C@H](O)[C@@H](COP(=O)(N[C@@H](C)C(=O)OC(C)C)Oc1ccccc1)OC. The zero-order chi connectivity index (χ0) is 27.9. The summed E-state index contributed by atoms with van der Waals surface area (Å²) in [6.45, 7) is 4.50. The zero-order valence-electron chi connectivity index (χ0n) is 21.8. The van der Waals surface area contributed by atoms with Crippen molar-refractivity contribution in [3.8, 4) is 11.6 Å². The molecule has 38 heavy (non-hydrogen) atoms. The lowest BCUT2D eigenvalue weighted by Gasteiger charge is -2.26. The van der Waals surface area contributed by atoms with Crippen molar-refractivity contribution < 1.29 is 37.7 Å². The van der Waals surface area contributed by atoms with Crippen molar-refractivity contribution in [1.29, 1.82) is 0 Å². The van der Waals surface area contributed by atoms with Gasteiger partial charge < -0.3 is 34.1 Å². The second-order valence-electron chi connectivity index (χ2n) is 8.54. The van der Waals surface area contributed by atoms with Crippen LogP contribution in [0, 0.1) is 0 Å². The molecule has 0 aliphatic heterocycles. The maximum atomic E-state index is 13.7. The van der Waals surface area contributed by atoms with Gasteiger partial charge in [0.05, 0.1) is 32.7 Å². The fraction of sp³-hybridized carbons (Fsp3) is 0.478. The van der Waals surface area contributed by atoms with Crippen molar-refractivity contribution in [1.82, 2.24) is 24.6 Å². The number of nitrogens with one attached hydrogen (secondary N) is 1. The van der Waals surface area contributed by atoms with Gasteiger partial charge >= 0.3 is 13.7 Å². The van der Waals surface area contributed by atoms with Gasteiger partial charge in [0.2, 0.25) is 11.8 Å². The number of hydrogen-bond acceptors (Lipinski definition) is 12. The summed E-state index contributed by atoms with van der Waals surface area (Å²) in [4.78, 5) is 24.7. The molecule has 2 aromatic heterocycles. The summed E-state index contributed by atoms with van der Waals surface area (Å²) in [5.41, 5.74) is 6.47. The van der Waals surface area contributed by atoms with Crippen LogP contribution in [0.4, 0.5) is 5.95 Å². The first-order valence-corrected chi connectivity index (χ1v) is 13.3. The van der Waals surface area contributed by atoms with Crippen molar-refractivity contribution in [2.45, 2.75) is 51.7 Å². The number of esters is 1. The maximum absolute atomic E-state index is 13.7. The number of benzene rings is 1. The average molecular weight is 553 g/mol. The van der Waals surface area contributed by atoms with Gasteiger partial charge in [0.15, 0.2) is 11.2 Å². The summed E-state index contributed by atoms with van der Waals surface area (Å²) in [6.07, 6.45) is -1.03. The van der Waals surface area contributed by atoms with E-state index in [1.54, 1.807) is 48.7 Å². The number of carbonyl (C=O) groups is 1. The van der Waals surface area contributed by atoms with Gasteiger partial charge in [0.1, 0.15) is 24.0 Å². The van der Waals surface area contributed by atoms with E-state index in [-0.39, 0.29) is 36.8 Å². The normalized spacial score (nSPS) is 15.6. The molecule has 0 amide bonds. The monoisotopic (exact) mass is 552 g/mol. The third-order valence-electron chi connectivity index (χ3n) is 5.19. The van der Waals surface area contributed by atoms with Crippen LogP contribution in [-0.2, 0) is 29.9 Å². The fourth-order valence-electron chi connectivity index (χ4n) is 3.37. The molecule has 0 saturated carbocycles. The highest BCUT2D eigenvalue weighted by Crippen LogP contribution is 2.45. The predicted octanol–water partition coefficient (Wildman–Crippen LogP) is 1.93. The number of methoxy groups -OCH3 is 2. The Morgan fingerprint density at radius 2 is 1.89 bits per heavy atom. The molecule has 0 bridgehead atoms. The number of carbonyl (C=O) groups excluding carboxylic acids is 1. The Balaban J connectivity index is 1.75. The number of aliphatic hydroxyl groups excluding tert-OH is 1. The highest BCUT2D eigenvalue weighted by atomic mass is 31.2. The van der Waals surface area contributed by atoms with Crippen molar-refractivity contribution >= 4 is 30.8 Å². The summed E-state index contributed by atoms with van der Waals surface area (Å²) in [5.74, 6) is -0.208. The molecule has 1 aromatic carbocycles. The minimum atomic E-state index is -4.14. The number of hydrogen-bond donors (Lipinski definition) is 3. The molecule has 3 rings (SSSR count). The van der Waals surface area contributed by atoms with Gasteiger partial charge in [-0.15, -0.1) is 0 Å². The second kappa shape index (κ2) is 13.0. The highest BCUT2D eigenvalue weighted by molar-refractivity contribution is 7.52. The summed E-state index contributed by atoms with van der Waals surface area (Å²) in [7, 11) is -1.35. The molecule has 0 radical (unpaired) electrons. The largest absolute Gasteiger partial charge is 0.479 e. The average Bonchev–Trinajstić information content (AvgIpc) is 3.26. The maximum Gasteiger partial charge on any atom is 0.459 e. The van der Waals surface area contributed by atoms with Crippen molar-refractivity contribution in [3.05, 3.63) is 36.7 Å². The first-order valence-electron chi connectivity index (χ1n) is 11.8. The molecule has 0 aliphatic rings. The summed E-state index contributed by atoms with van der Waals surface area (Å²) in [5, 5.41) is 13.5. The number of rotatable bonds is 14. The molecular formula is C23H33N6O8P. The van der Waals surface area contributed by atoms with E-state index >= 15 is 0 Å². The molecule has 4 atom stereocenters. The van der Waals surface area contributed by atoms with E-state index in [0.717, 1.165) is 0 Å². The quantitative estimate of drug-likeness (QED) is 0.195. The molecule has 0 spiro atoms. The third kappa shape index (κ3) is 7.62. The first kappa shape index (κ1) is 29.3. The van der Waals surface area contributed by atoms with E-state index in [9.17, 15) is 14.5 Å². The number of anilines is 1. The Morgan fingerprint density at radius 3 is 2.53 bits per heavy atom. The molecule has 0 fully saturated rings. The highest BCUT2D eigenvalue weighted by Gasteiger charge is 2.34. The summed E-state index contributed by atoms with van der Waals surface area (Å²) >= 11 is 0. The van der Waals surface area contributed by atoms with Gasteiger partial charge in [-0.05, 0) is 32.9 Å². The van der Waals surface area contributed by atoms with Crippen molar-refractivity contribution in [2.24, 2.45) is 0 Å². The Labute approximate surface area is 220 Å². The molecule has 0 aliphatic carbocycles. The number of imidazole rings is 1. The second-order valence-corrected chi connectivity index (χ2v) is 10.2. The van der Waals surface area contributed by atoms with Crippen LogP contribution < -0.4 is 20.1 Å². The van der Waals surface area contributed by atoms with Gasteiger partial charge in [-0.2, -0.15) is 15.1 Å². The van der Waals surface area contributed by atoms with Crippen LogP contribution >= 0.6 is 7.75 Å². The van der Waals surface area contributed by atoms with Gasteiger partial charge in [-0.3, -0.25) is 9.32 Å². The topological polar surface area (TPSA) is 182 Å². The molecular weight excluding hydrogens is 519 g/mol. The fourth-order valence-corrected chi connectivity index (χ4v) is 4.87. The Bertz CT molecular complexity index is 1260. The van der Waals surface area contributed by atoms with E-state index in [4.69, 9.17) is 29.0 Å². The van der Waals surface area contributed by atoms with Gasteiger partial charge in [0, 0.05) is 7.11 Å². The number of ether oxygens (including phenoxy) is 3. The Kier molecular flexibility index (Phi) is 10.00. The van der Waals surface area contributed by atoms with Crippen LogP contribution in [0.1, 0.15) is 20.8 Å². The van der Waals surface area contributed by atoms with Crippen LogP contribution in [-0.4, -0.2) is 75.8 Å². The smallest absolute Gasteiger partial charge is 0.459 e. The first-order chi connectivity index (χ1) is 18.0. The van der Waals surface area contributed by atoms with Crippen LogP contribution in [0.25, 0.3) is 11.2 Å². The standard InChI is InChI=1S/C23H33N6O8P/c1-14(2)36-22(31)15(3)28-38(32,37-16-9-7-6-8-10-16)35-12-18(33-4)17(30)11-29-13-25-19-20(29)26-23(24)27-21(19)34-5/h6-10,13-15,17-18,30H,11-12H2,1-5H3,(H,28,32)(H2,24,26,27)/t15-,17-,18+,38?/m0/s1. The number of nitrogen functional groups attached to an aromatic ring is 1. The van der Waals surface area contributed by atoms with E-state index in [1.165, 1.54) is 27.5 Å². The lowest BCUT2D eigenvalue weighted by Crippen LogP contribution is -2.39. The Hall–Kier alpha value is -3.29. The molecule has 15 heteroatoms. The van der Waals surface area contributed by atoms with Crippen molar-refractivity contribution in [3.63, 3.8) is 0 Å². The van der Waals surface area contributed by atoms with Crippen molar-refractivity contribution in [2.75, 3.05) is 26.6 Å². The minimum absolute atomic E-state index is 0.0209. The van der Waals surface area contributed by atoms with E-state index in [1.807, 2.05) is 0 Å². The number of aliphatic hydroxyl groups is 1. The number of para-hydroxylation sites is 1. The molecule has 14 nitrogen and oxygen atoms in total. The van der Waals surface area contributed by atoms with Gasteiger partial charge in [-0.1, -0.05) is 18.2 Å². The molecule has 0 saturated heterocycles. The number of fused-ring (bicyclic) bond motifs is 1. The summed E-state index contributed by atoms with van der Waals surface area (Å²) < 4.78 is 42.2. The van der Waals surface area contributed by atoms with Crippen LogP contribution in [0.3, 0.4) is 0 Å². The van der Waals surface area contributed by atoms with E-state index in [2.05, 4.69) is 20.0 Å². The van der Waals surface area contributed by atoms with Gasteiger partial charge in [-0.25, -0.2) is 9.55 Å². The molecule has 208 valence electrons. The lowest BCUT2D eigenvalue weighted by atomic mass is 10.2. The number of aromatic nitrogens is 4. The van der Waals surface area contributed by atoms with Crippen LogP contribution in [0.15, 0.2) is 36.7 Å². The van der Waals surface area contributed by atoms with E-state index < -0.39 is 32.0 Å². The van der Waals surface area contributed by atoms with Crippen LogP contribution in [0.5, 0.6) is 11.6 Å². The predicted molar refractivity (Wildman–Crippen MR) is 138 cm³/mol. The van der Waals surface area contributed by atoms with Crippen LogP contribution in [0.2, 0.25) is 0 Å². The third-order valence-corrected chi connectivity index (χ3v) is 6.84. The molecule has 3 aromatic rings. The number of nitrogens with zero attached hydrogens (tertiary/aromatic N) is 4. The zero-order valence-corrected chi connectivity index (χ0v) is 22.7. The van der Waals surface area contributed by atoms with E-state index in [0.29, 0.717) is 11.2 Å². The summed E-state index contributed by atoms with van der Waals surface area (Å²) in [6, 6.07) is 7.31.